The summed E-state index contributed by atoms with van der Waals surface area (Å²) in [7, 11) is 0. The van der Waals surface area contributed by atoms with Crippen molar-refractivity contribution in [1.29, 1.82) is 0 Å². The van der Waals surface area contributed by atoms with Gasteiger partial charge >= 0.3 is 0 Å². The average molecular weight is 421 g/mol. The predicted molar refractivity (Wildman–Crippen MR) is 119 cm³/mol. The van der Waals surface area contributed by atoms with Crippen molar-refractivity contribution in [3.8, 4) is 11.5 Å². The van der Waals surface area contributed by atoms with Crippen LogP contribution in [0.1, 0.15) is 61.3 Å². The second-order valence-electron chi connectivity index (χ2n) is 7.56. The smallest absolute Gasteiger partial charge is 0.290 e. The lowest BCUT2D eigenvalue weighted by Crippen LogP contribution is -2.30. The Balaban J connectivity index is 1.89. The molecule has 31 heavy (non-hydrogen) atoms. The number of ether oxygens (including phenoxy) is 2. The van der Waals surface area contributed by atoms with Crippen LogP contribution >= 0.6 is 0 Å². The van der Waals surface area contributed by atoms with E-state index in [0.717, 1.165) is 18.4 Å². The van der Waals surface area contributed by atoms with Crippen LogP contribution in [-0.4, -0.2) is 30.6 Å². The maximum absolute atomic E-state index is 13.4. The average Bonchev–Trinajstić information content (AvgIpc) is 3.05. The van der Waals surface area contributed by atoms with E-state index in [1.807, 2.05) is 39.0 Å². The van der Waals surface area contributed by atoms with Crippen LogP contribution in [0, 0.1) is 0 Å². The first-order valence-corrected chi connectivity index (χ1v) is 10.9. The van der Waals surface area contributed by atoms with Crippen LogP contribution in [0.4, 0.5) is 0 Å². The highest BCUT2D eigenvalue weighted by atomic mass is 16.5. The van der Waals surface area contributed by atoms with Crippen LogP contribution in [-0.2, 0) is 0 Å². The van der Waals surface area contributed by atoms with Crippen LogP contribution in [0.3, 0.4) is 0 Å². The lowest BCUT2D eigenvalue weighted by Gasteiger charge is -2.25. The van der Waals surface area contributed by atoms with Crippen molar-refractivity contribution in [3.05, 3.63) is 69.6 Å². The monoisotopic (exact) mass is 421 g/mol. The molecule has 1 amide bonds. The minimum atomic E-state index is -0.525. The molecule has 0 saturated carbocycles. The highest BCUT2D eigenvalue weighted by molar-refractivity contribution is 5.99. The normalized spacial score (nSPS) is 15.4. The Labute approximate surface area is 181 Å². The SMILES string of the molecule is CCCOc1ccc([C@H]2c3c(oc4ccccc4c3=O)C(=O)N2CCC)cc1OCC. The minimum Gasteiger partial charge on any atom is -0.490 e. The number of nitrogens with zero attached hydrogens (tertiary/aromatic N) is 1. The quantitative estimate of drug-likeness (QED) is 0.516. The number of hydrogen-bond donors (Lipinski definition) is 0. The fraction of sp³-hybridized carbons (Fsp3) is 0.360. The van der Waals surface area contributed by atoms with Crippen LogP contribution in [0.5, 0.6) is 11.5 Å². The van der Waals surface area contributed by atoms with Crippen molar-refractivity contribution < 1.29 is 18.7 Å². The first-order chi connectivity index (χ1) is 15.1. The van der Waals surface area contributed by atoms with Gasteiger partial charge in [0.15, 0.2) is 16.9 Å². The predicted octanol–water partition coefficient (Wildman–Crippen LogP) is 4.94. The molecule has 1 atom stereocenters. The molecule has 4 rings (SSSR count). The third-order valence-electron chi connectivity index (χ3n) is 5.38. The molecule has 2 heterocycles. The Morgan fingerprint density at radius 2 is 1.77 bits per heavy atom. The fourth-order valence-corrected chi connectivity index (χ4v) is 4.08. The lowest BCUT2D eigenvalue weighted by molar-refractivity contribution is 0.0728. The second kappa shape index (κ2) is 8.84. The second-order valence-corrected chi connectivity index (χ2v) is 7.56. The summed E-state index contributed by atoms with van der Waals surface area (Å²) in [5.41, 5.74) is 1.45. The number of amides is 1. The molecule has 162 valence electrons. The molecule has 6 heteroatoms. The van der Waals surface area contributed by atoms with Crippen molar-refractivity contribution in [2.75, 3.05) is 19.8 Å². The van der Waals surface area contributed by atoms with Gasteiger partial charge in [-0.3, -0.25) is 9.59 Å². The maximum Gasteiger partial charge on any atom is 0.290 e. The topological polar surface area (TPSA) is 69.0 Å². The Hall–Kier alpha value is -3.28. The zero-order valence-electron chi connectivity index (χ0n) is 18.1. The molecule has 2 aromatic carbocycles. The summed E-state index contributed by atoms with van der Waals surface area (Å²) in [6.07, 6.45) is 1.65. The van der Waals surface area contributed by atoms with Crippen molar-refractivity contribution in [3.63, 3.8) is 0 Å². The molecular formula is C25H27NO5. The molecule has 6 nitrogen and oxygen atoms in total. The van der Waals surface area contributed by atoms with Crippen LogP contribution in [0.15, 0.2) is 51.7 Å². The van der Waals surface area contributed by atoms with Gasteiger partial charge in [0.2, 0.25) is 5.76 Å². The number of hydrogen-bond acceptors (Lipinski definition) is 5. The molecule has 0 N–H and O–H groups in total. The van der Waals surface area contributed by atoms with Gasteiger partial charge in [-0.2, -0.15) is 0 Å². The first-order valence-electron chi connectivity index (χ1n) is 10.9. The van der Waals surface area contributed by atoms with Crippen molar-refractivity contribution >= 4 is 16.9 Å². The third-order valence-corrected chi connectivity index (χ3v) is 5.38. The Bertz CT molecular complexity index is 1170. The summed E-state index contributed by atoms with van der Waals surface area (Å²) in [5, 5.41) is 0.477. The van der Waals surface area contributed by atoms with E-state index in [4.69, 9.17) is 13.9 Å². The molecule has 0 radical (unpaired) electrons. The molecule has 0 bridgehead atoms. The third kappa shape index (κ3) is 3.67. The summed E-state index contributed by atoms with van der Waals surface area (Å²) in [5.74, 6) is 1.14. The Kier molecular flexibility index (Phi) is 5.98. The van der Waals surface area contributed by atoms with Crippen LogP contribution < -0.4 is 14.9 Å². The van der Waals surface area contributed by atoms with Gasteiger partial charge in [-0.1, -0.05) is 32.0 Å². The van der Waals surface area contributed by atoms with E-state index in [9.17, 15) is 9.59 Å². The molecule has 1 aliphatic rings. The van der Waals surface area contributed by atoms with Gasteiger partial charge in [-0.15, -0.1) is 0 Å². The summed E-state index contributed by atoms with van der Waals surface area (Å²) in [4.78, 5) is 28.4. The van der Waals surface area contributed by atoms with E-state index < -0.39 is 6.04 Å². The Morgan fingerprint density at radius 1 is 0.968 bits per heavy atom. The van der Waals surface area contributed by atoms with Crippen molar-refractivity contribution in [1.82, 2.24) is 4.90 Å². The molecule has 0 fully saturated rings. The van der Waals surface area contributed by atoms with E-state index >= 15 is 0 Å². The summed E-state index contributed by atoms with van der Waals surface area (Å²) >= 11 is 0. The molecule has 0 spiro atoms. The summed E-state index contributed by atoms with van der Waals surface area (Å²) in [6.45, 7) is 7.55. The standard InChI is InChI=1S/C25H27NO5/c1-4-13-26-22(16-11-12-19(30-14-5-2)20(15-16)29-6-3)21-23(27)17-9-7-8-10-18(17)31-24(21)25(26)28/h7-12,15,22H,4-6,13-14H2,1-3H3/t22-/m0/s1. The van der Waals surface area contributed by atoms with E-state index in [0.29, 0.717) is 47.8 Å². The molecule has 1 aliphatic heterocycles. The van der Waals surface area contributed by atoms with Gasteiger partial charge in [0.25, 0.3) is 5.91 Å². The minimum absolute atomic E-state index is 0.131. The number of benzene rings is 2. The largest absolute Gasteiger partial charge is 0.490 e. The summed E-state index contributed by atoms with van der Waals surface area (Å²) < 4.78 is 17.6. The lowest BCUT2D eigenvalue weighted by atomic mass is 9.98. The first kappa shape index (κ1) is 21.0. The van der Waals surface area contributed by atoms with Gasteiger partial charge in [0, 0.05) is 6.54 Å². The van der Waals surface area contributed by atoms with E-state index in [1.165, 1.54) is 0 Å². The Morgan fingerprint density at radius 3 is 2.52 bits per heavy atom. The van der Waals surface area contributed by atoms with Crippen molar-refractivity contribution in [2.24, 2.45) is 0 Å². The molecular weight excluding hydrogens is 394 g/mol. The van der Waals surface area contributed by atoms with Crippen molar-refractivity contribution in [2.45, 2.75) is 39.7 Å². The van der Waals surface area contributed by atoms with E-state index in [-0.39, 0.29) is 17.1 Å². The van der Waals surface area contributed by atoms with Gasteiger partial charge in [0.1, 0.15) is 5.58 Å². The maximum atomic E-state index is 13.4. The zero-order chi connectivity index (χ0) is 22.0. The molecule has 0 unspecified atom stereocenters. The molecule has 0 saturated heterocycles. The number of rotatable bonds is 8. The van der Waals surface area contributed by atoms with E-state index in [2.05, 4.69) is 0 Å². The number of fused-ring (bicyclic) bond motifs is 2. The molecule has 3 aromatic rings. The van der Waals surface area contributed by atoms with E-state index in [1.54, 1.807) is 29.2 Å². The molecule has 0 aliphatic carbocycles. The van der Waals surface area contributed by atoms with Crippen LogP contribution in [0.2, 0.25) is 0 Å². The van der Waals surface area contributed by atoms with Gasteiger partial charge in [0.05, 0.1) is 30.2 Å². The fourth-order valence-electron chi connectivity index (χ4n) is 4.08. The van der Waals surface area contributed by atoms with Gasteiger partial charge in [-0.05, 0) is 49.6 Å². The number of carbonyl (C=O) groups is 1. The van der Waals surface area contributed by atoms with Gasteiger partial charge in [-0.25, -0.2) is 0 Å². The highest BCUT2D eigenvalue weighted by Gasteiger charge is 2.42. The zero-order valence-corrected chi connectivity index (χ0v) is 18.1. The van der Waals surface area contributed by atoms with Crippen LogP contribution in [0.25, 0.3) is 11.0 Å². The van der Waals surface area contributed by atoms with Gasteiger partial charge < -0.3 is 18.8 Å². The molecule has 1 aromatic heterocycles. The highest BCUT2D eigenvalue weighted by Crippen LogP contribution is 2.41. The summed E-state index contributed by atoms with van der Waals surface area (Å²) in [6, 6.07) is 12.1. The number of para-hydroxylation sites is 1. The number of carbonyl (C=O) groups excluding carboxylic acids is 1.